The van der Waals surface area contributed by atoms with Gasteiger partial charge in [0, 0.05) is 19.2 Å². The number of allylic oxidation sites excluding steroid dienone is 1. The number of carbonyl (C=O) groups excluding carboxylic acids is 1. The minimum Gasteiger partial charge on any atom is -0.462 e. The van der Waals surface area contributed by atoms with E-state index in [0.717, 1.165) is 25.7 Å². The minimum absolute atomic E-state index is 0.0661. The van der Waals surface area contributed by atoms with Gasteiger partial charge in [-0.05, 0) is 67.6 Å². The average Bonchev–Trinajstić information content (AvgIpc) is 3.03. The standard InChI is InChI=1S/C21H31NO2/c1-13-5-6-16-15(12-22-4)17(8-10-20(13,16)2)21(3)9-7-14-11-18(21)19(23)24-14/h12,14-18H,1,5-11H2,2-4H3/t14-,15-,16-,17-,18-,20+,21+/m0/s1. The predicted octanol–water partition coefficient (Wildman–Crippen LogP) is 4.42. The third-order valence-electron chi connectivity index (χ3n) is 8.32. The molecule has 3 heteroatoms. The fraction of sp³-hybridized carbons (Fsp3) is 0.810. The Bertz CT molecular complexity index is 597. The Morgan fingerprint density at radius 3 is 2.75 bits per heavy atom. The van der Waals surface area contributed by atoms with Crippen molar-refractivity contribution in [1.82, 2.24) is 0 Å². The van der Waals surface area contributed by atoms with Crippen molar-refractivity contribution in [2.24, 2.45) is 39.5 Å². The molecule has 0 aromatic rings. The van der Waals surface area contributed by atoms with Crippen LogP contribution in [0.1, 0.15) is 58.8 Å². The van der Waals surface area contributed by atoms with Crippen molar-refractivity contribution in [3.63, 3.8) is 0 Å². The number of carbonyl (C=O) groups is 1. The van der Waals surface area contributed by atoms with E-state index in [-0.39, 0.29) is 28.8 Å². The largest absolute Gasteiger partial charge is 0.462 e. The zero-order valence-electron chi connectivity index (χ0n) is 15.4. The molecule has 0 spiro atoms. The van der Waals surface area contributed by atoms with E-state index in [0.29, 0.717) is 17.8 Å². The Hall–Kier alpha value is -1.12. The van der Waals surface area contributed by atoms with Gasteiger partial charge < -0.3 is 9.73 Å². The van der Waals surface area contributed by atoms with E-state index in [1.807, 2.05) is 7.05 Å². The Kier molecular flexibility index (Phi) is 3.71. The SMILES string of the molecule is C=C1CC[C@H]2[C@H](C=NC)[C@@H]([C@@]3(C)CC[C@H]4C[C@H]3C(=O)O4)CC[C@]12C. The van der Waals surface area contributed by atoms with Gasteiger partial charge in [-0.15, -0.1) is 0 Å². The lowest BCUT2D eigenvalue weighted by Gasteiger charge is -2.53. The van der Waals surface area contributed by atoms with Crippen molar-refractivity contribution in [2.75, 3.05) is 7.05 Å². The van der Waals surface area contributed by atoms with Gasteiger partial charge in [-0.3, -0.25) is 4.79 Å². The van der Waals surface area contributed by atoms with E-state index in [4.69, 9.17) is 4.74 Å². The summed E-state index contributed by atoms with van der Waals surface area (Å²) in [5.41, 5.74) is 1.78. The van der Waals surface area contributed by atoms with Crippen LogP contribution in [-0.4, -0.2) is 25.3 Å². The first-order chi connectivity index (χ1) is 11.4. The molecule has 0 radical (unpaired) electrons. The third kappa shape index (κ3) is 2.09. The fourth-order valence-electron chi connectivity index (χ4n) is 6.71. The number of ether oxygens (including phenoxy) is 1. The van der Waals surface area contributed by atoms with Crippen molar-refractivity contribution in [3.8, 4) is 0 Å². The second-order valence-corrected chi connectivity index (χ2v) is 9.19. The van der Waals surface area contributed by atoms with E-state index in [1.165, 1.54) is 24.8 Å². The van der Waals surface area contributed by atoms with Gasteiger partial charge >= 0.3 is 5.97 Å². The average molecular weight is 329 g/mol. The van der Waals surface area contributed by atoms with Crippen molar-refractivity contribution in [1.29, 1.82) is 0 Å². The zero-order chi connectivity index (χ0) is 17.1. The highest BCUT2D eigenvalue weighted by Gasteiger charge is 2.59. The first kappa shape index (κ1) is 16.4. The van der Waals surface area contributed by atoms with Crippen molar-refractivity contribution < 1.29 is 9.53 Å². The number of fused-ring (bicyclic) bond motifs is 3. The summed E-state index contributed by atoms with van der Waals surface area (Å²) in [7, 11) is 1.90. The topological polar surface area (TPSA) is 38.7 Å². The Morgan fingerprint density at radius 1 is 1.21 bits per heavy atom. The summed E-state index contributed by atoms with van der Waals surface area (Å²) in [4.78, 5) is 16.9. The molecule has 4 aliphatic rings. The smallest absolute Gasteiger partial charge is 0.309 e. The van der Waals surface area contributed by atoms with E-state index in [1.54, 1.807) is 0 Å². The molecule has 132 valence electrons. The first-order valence-corrected chi connectivity index (χ1v) is 9.71. The van der Waals surface area contributed by atoms with Crippen LogP contribution in [0, 0.1) is 34.5 Å². The van der Waals surface area contributed by atoms with Crippen LogP contribution in [0.5, 0.6) is 0 Å². The van der Waals surface area contributed by atoms with Crippen LogP contribution in [0.15, 0.2) is 17.1 Å². The van der Waals surface area contributed by atoms with Crippen LogP contribution in [0.4, 0.5) is 0 Å². The summed E-state index contributed by atoms with van der Waals surface area (Å²) >= 11 is 0. The third-order valence-corrected chi connectivity index (χ3v) is 8.32. The van der Waals surface area contributed by atoms with Gasteiger partial charge in [-0.1, -0.05) is 26.0 Å². The molecule has 3 nitrogen and oxygen atoms in total. The Morgan fingerprint density at radius 2 is 2.00 bits per heavy atom. The van der Waals surface area contributed by atoms with Crippen LogP contribution in [-0.2, 0) is 9.53 Å². The molecular formula is C21H31NO2. The van der Waals surface area contributed by atoms with E-state index >= 15 is 0 Å². The molecule has 3 saturated carbocycles. The highest BCUT2D eigenvalue weighted by atomic mass is 16.6. The maximum atomic E-state index is 12.5. The minimum atomic E-state index is 0.0661. The van der Waals surface area contributed by atoms with Gasteiger partial charge in [0.2, 0.25) is 0 Å². The van der Waals surface area contributed by atoms with Gasteiger partial charge in [0.25, 0.3) is 0 Å². The summed E-state index contributed by atoms with van der Waals surface area (Å²) in [6.07, 6.45) is 10.3. The molecule has 0 unspecified atom stereocenters. The number of hydrogen-bond donors (Lipinski definition) is 0. The summed E-state index contributed by atoms with van der Waals surface area (Å²) in [5.74, 6) is 1.82. The molecule has 4 fully saturated rings. The molecule has 2 bridgehead atoms. The van der Waals surface area contributed by atoms with Gasteiger partial charge in [0.05, 0.1) is 5.92 Å². The molecule has 0 N–H and O–H groups in total. The Labute approximate surface area is 145 Å². The van der Waals surface area contributed by atoms with E-state index in [2.05, 4.69) is 31.6 Å². The molecule has 0 aromatic carbocycles. The summed E-state index contributed by atoms with van der Waals surface area (Å²) in [5, 5.41) is 0. The molecule has 0 amide bonds. The number of aliphatic imine (C=N–C) groups is 1. The molecule has 1 aliphatic heterocycles. The first-order valence-electron chi connectivity index (χ1n) is 9.71. The molecule has 0 aromatic heterocycles. The van der Waals surface area contributed by atoms with Crippen LogP contribution < -0.4 is 0 Å². The second-order valence-electron chi connectivity index (χ2n) is 9.19. The van der Waals surface area contributed by atoms with Crippen molar-refractivity contribution >= 4 is 12.2 Å². The normalized spacial score (nSPS) is 51.0. The highest BCUT2D eigenvalue weighted by molar-refractivity contribution is 5.76. The lowest BCUT2D eigenvalue weighted by Crippen LogP contribution is -2.50. The molecule has 3 aliphatic carbocycles. The number of rotatable bonds is 2. The zero-order valence-corrected chi connectivity index (χ0v) is 15.4. The summed E-state index contributed by atoms with van der Waals surface area (Å²) in [6.45, 7) is 9.18. The number of hydrogen-bond acceptors (Lipinski definition) is 3. The molecule has 24 heavy (non-hydrogen) atoms. The lowest BCUT2D eigenvalue weighted by molar-refractivity contribution is -0.146. The highest BCUT2D eigenvalue weighted by Crippen LogP contribution is 2.64. The maximum absolute atomic E-state index is 12.5. The molecule has 4 rings (SSSR count). The van der Waals surface area contributed by atoms with Gasteiger partial charge in [-0.2, -0.15) is 0 Å². The number of esters is 1. The fourth-order valence-corrected chi connectivity index (χ4v) is 6.71. The van der Waals surface area contributed by atoms with Crippen LogP contribution in [0.3, 0.4) is 0 Å². The van der Waals surface area contributed by atoms with Crippen molar-refractivity contribution in [2.45, 2.75) is 64.9 Å². The predicted molar refractivity (Wildman–Crippen MR) is 95.9 cm³/mol. The lowest BCUT2D eigenvalue weighted by atomic mass is 9.50. The van der Waals surface area contributed by atoms with Gasteiger partial charge in [0.15, 0.2) is 0 Å². The summed E-state index contributed by atoms with van der Waals surface area (Å²) in [6, 6.07) is 0. The van der Waals surface area contributed by atoms with Crippen LogP contribution in [0.2, 0.25) is 0 Å². The van der Waals surface area contributed by atoms with Crippen LogP contribution >= 0.6 is 0 Å². The van der Waals surface area contributed by atoms with Crippen molar-refractivity contribution in [3.05, 3.63) is 12.2 Å². The van der Waals surface area contributed by atoms with E-state index < -0.39 is 0 Å². The molecule has 1 heterocycles. The Balaban J connectivity index is 1.70. The quantitative estimate of drug-likeness (QED) is 0.427. The number of nitrogens with zero attached hydrogens (tertiary/aromatic N) is 1. The van der Waals surface area contributed by atoms with Gasteiger partial charge in [0.1, 0.15) is 6.10 Å². The van der Waals surface area contributed by atoms with E-state index in [9.17, 15) is 4.79 Å². The maximum Gasteiger partial charge on any atom is 0.309 e. The summed E-state index contributed by atoms with van der Waals surface area (Å²) < 4.78 is 5.60. The molecule has 7 atom stereocenters. The molecule has 1 saturated heterocycles. The van der Waals surface area contributed by atoms with Gasteiger partial charge in [-0.25, -0.2) is 0 Å². The second kappa shape index (κ2) is 5.44. The monoisotopic (exact) mass is 329 g/mol. The molecular weight excluding hydrogens is 298 g/mol. The van der Waals surface area contributed by atoms with Crippen LogP contribution in [0.25, 0.3) is 0 Å².